The predicted molar refractivity (Wildman–Crippen MR) is 133 cm³/mol. The van der Waals surface area contributed by atoms with Crippen LogP contribution in [0.3, 0.4) is 0 Å². The highest BCUT2D eigenvalue weighted by Crippen LogP contribution is 2.44. The molecule has 0 spiro atoms. The second-order valence-electron chi connectivity index (χ2n) is 7.93. The second-order valence-corrected chi connectivity index (χ2v) is 11.1. The minimum atomic E-state index is -3.22. The Morgan fingerprint density at radius 3 is 2.00 bits per heavy atom. The van der Waals surface area contributed by atoms with E-state index in [0.29, 0.717) is 23.8 Å². The number of ether oxygens (including phenoxy) is 2. The van der Waals surface area contributed by atoms with Crippen LogP contribution in [0.1, 0.15) is 19.4 Å². The van der Waals surface area contributed by atoms with Crippen LogP contribution in [0.2, 0.25) is 0 Å². The first-order chi connectivity index (χ1) is 15.7. The monoisotopic (exact) mass is 529 g/mol. The third-order valence-electron chi connectivity index (χ3n) is 5.03. The fraction of sp³-hybridized carbons (Fsp3) is 0.261. The lowest BCUT2D eigenvalue weighted by atomic mass is 9.92. The zero-order chi connectivity index (χ0) is 24.0. The van der Waals surface area contributed by atoms with Crippen LogP contribution in [0.25, 0.3) is 10.4 Å². The minimum Gasteiger partial charge on any atom is -0.348 e. The van der Waals surface area contributed by atoms with E-state index in [4.69, 9.17) is 20.7 Å². The van der Waals surface area contributed by atoms with Crippen LogP contribution in [-0.2, 0) is 19.6 Å². The highest BCUT2D eigenvalue weighted by molar-refractivity contribution is 9.10. The normalized spacial score (nSPS) is 16.6. The molecule has 0 saturated carbocycles. The van der Waals surface area contributed by atoms with Crippen molar-refractivity contribution in [1.29, 1.82) is 0 Å². The van der Waals surface area contributed by atoms with Gasteiger partial charge in [0.25, 0.3) is 0 Å². The lowest BCUT2D eigenvalue weighted by Crippen LogP contribution is -2.54. The molecule has 0 aliphatic carbocycles. The first-order valence-corrected chi connectivity index (χ1v) is 12.6. The molecule has 33 heavy (non-hydrogen) atoms. The van der Waals surface area contributed by atoms with Crippen LogP contribution >= 0.6 is 23.2 Å². The average Bonchev–Trinajstić information content (AvgIpc) is 2.83. The molecule has 0 unspecified atom stereocenters. The Hall–Kier alpha value is -2.51. The van der Waals surface area contributed by atoms with Crippen molar-refractivity contribution in [3.63, 3.8) is 0 Å². The largest absolute Gasteiger partial charge is 0.348 e. The standard InChI is InChI=1S/C12H10N3OP.C11H15BrN2O2/c13-14-15-17(16,11-7-3-1-4-8-11)12-9-5-2-6-10-12;1-10(2)15-6-11(13,7-16-10)8-3-4-14-9(12)5-8/h1-10H;3-5H,6-7,13H2,1-2H3. The summed E-state index contributed by atoms with van der Waals surface area (Å²) in [5, 5.41) is 1.09. The molecule has 1 aromatic heterocycles. The maximum absolute atomic E-state index is 12.8. The topological polar surface area (TPSA) is 123 Å². The number of rotatable bonds is 4. The van der Waals surface area contributed by atoms with Gasteiger partial charge in [-0.2, -0.15) is 0 Å². The summed E-state index contributed by atoms with van der Waals surface area (Å²) < 4.78 is 24.7. The number of pyridine rings is 1. The molecule has 1 aliphatic rings. The van der Waals surface area contributed by atoms with Crippen LogP contribution in [-0.4, -0.2) is 24.0 Å². The third kappa shape index (κ3) is 6.30. The van der Waals surface area contributed by atoms with E-state index in [9.17, 15) is 4.57 Å². The minimum absolute atomic E-state index is 0.441. The molecular formula is C23H25BrN5O3P. The molecule has 0 bridgehead atoms. The Morgan fingerprint density at radius 2 is 1.55 bits per heavy atom. The molecule has 8 nitrogen and oxygen atoms in total. The van der Waals surface area contributed by atoms with E-state index in [1.54, 1.807) is 54.7 Å². The van der Waals surface area contributed by atoms with E-state index in [1.807, 2.05) is 38.1 Å². The van der Waals surface area contributed by atoms with Gasteiger partial charge in [-0.15, -0.1) is 0 Å². The van der Waals surface area contributed by atoms with Crippen molar-refractivity contribution in [3.05, 3.63) is 99.6 Å². The number of benzene rings is 2. The van der Waals surface area contributed by atoms with Crippen LogP contribution in [0.5, 0.6) is 0 Å². The van der Waals surface area contributed by atoms with Gasteiger partial charge in [0.15, 0.2) is 5.79 Å². The molecule has 172 valence electrons. The van der Waals surface area contributed by atoms with Crippen molar-refractivity contribution in [3.8, 4) is 0 Å². The van der Waals surface area contributed by atoms with Crippen molar-refractivity contribution >= 4 is 33.8 Å². The first-order valence-electron chi connectivity index (χ1n) is 10.2. The summed E-state index contributed by atoms with van der Waals surface area (Å²) in [6.07, 6.45) is 1.72. The van der Waals surface area contributed by atoms with E-state index in [2.05, 4.69) is 30.7 Å². The van der Waals surface area contributed by atoms with Crippen molar-refractivity contribution < 1.29 is 14.0 Å². The molecule has 4 rings (SSSR count). The third-order valence-corrected chi connectivity index (χ3v) is 7.80. The number of halogens is 1. The van der Waals surface area contributed by atoms with Gasteiger partial charge in [0.2, 0.25) is 7.29 Å². The quantitative estimate of drug-likeness (QED) is 0.167. The molecule has 0 atom stereocenters. The summed E-state index contributed by atoms with van der Waals surface area (Å²) in [6.45, 7) is 4.65. The fourth-order valence-corrected chi connectivity index (χ4v) is 5.27. The molecule has 3 aromatic rings. The van der Waals surface area contributed by atoms with E-state index in [-0.39, 0.29) is 0 Å². The molecule has 1 fully saturated rings. The predicted octanol–water partition coefficient (Wildman–Crippen LogP) is 5.01. The number of aromatic nitrogens is 1. The summed E-state index contributed by atoms with van der Waals surface area (Å²) in [6, 6.07) is 21.4. The lowest BCUT2D eigenvalue weighted by Gasteiger charge is -2.41. The Labute approximate surface area is 201 Å². The lowest BCUT2D eigenvalue weighted by molar-refractivity contribution is -0.268. The molecule has 2 N–H and O–H groups in total. The van der Waals surface area contributed by atoms with E-state index in [1.165, 1.54) is 0 Å². The number of hydrogen-bond acceptors (Lipinski definition) is 5. The zero-order valence-electron chi connectivity index (χ0n) is 18.3. The Balaban J connectivity index is 0.000000186. The summed E-state index contributed by atoms with van der Waals surface area (Å²) in [5.41, 5.74) is 15.2. The van der Waals surface area contributed by atoms with Gasteiger partial charge in [-0.3, -0.25) is 0 Å². The van der Waals surface area contributed by atoms with Gasteiger partial charge < -0.3 is 19.8 Å². The van der Waals surface area contributed by atoms with Crippen molar-refractivity contribution in [2.24, 2.45) is 10.6 Å². The number of nitrogens with zero attached hydrogens (tertiary/aromatic N) is 4. The van der Waals surface area contributed by atoms with Crippen LogP contribution in [0, 0.1) is 0 Å². The Morgan fingerprint density at radius 1 is 1.03 bits per heavy atom. The summed E-state index contributed by atoms with van der Waals surface area (Å²) >= 11 is 3.33. The second kappa shape index (κ2) is 10.6. The van der Waals surface area contributed by atoms with E-state index >= 15 is 0 Å². The van der Waals surface area contributed by atoms with Crippen molar-refractivity contribution in [2.75, 3.05) is 13.2 Å². The van der Waals surface area contributed by atoms with Crippen LogP contribution in [0.4, 0.5) is 0 Å². The van der Waals surface area contributed by atoms with E-state index < -0.39 is 18.6 Å². The molecule has 0 amide bonds. The van der Waals surface area contributed by atoms with Crippen molar-refractivity contribution in [1.82, 2.24) is 4.98 Å². The Bertz CT molecular complexity index is 1120. The van der Waals surface area contributed by atoms with Gasteiger partial charge in [-0.25, -0.2) is 4.98 Å². The first kappa shape index (κ1) is 25.1. The van der Waals surface area contributed by atoms with Gasteiger partial charge in [-0.1, -0.05) is 60.7 Å². The maximum atomic E-state index is 12.8. The van der Waals surface area contributed by atoms with Crippen LogP contribution in [0.15, 0.2) is 88.5 Å². The number of nitrogens with two attached hydrogens (primary N) is 1. The number of azide groups is 1. The Kier molecular flexibility index (Phi) is 8.08. The fourth-order valence-electron chi connectivity index (χ4n) is 3.14. The van der Waals surface area contributed by atoms with Gasteiger partial charge in [0, 0.05) is 21.7 Å². The zero-order valence-corrected chi connectivity index (χ0v) is 20.8. The highest BCUT2D eigenvalue weighted by Gasteiger charge is 2.38. The number of hydrogen-bond donors (Lipinski definition) is 1. The van der Waals surface area contributed by atoms with Gasteiger partial charge >= 0.3 is 0 Å². The van der Waals surface area contributed by atoms with E-state index in [0.717, 1.165) is 10.2 Å². The summed E-state index contributed by atoms with van der Waals surface area (Å²) in [5.74, 6) is -0.548. The van der Waals surface area contributed by atoms with Gasteiger partial charge in [0.1, 0.15) is 4.60 Å². The maximum Gasteiger partial charge on any atom is 0.228 e. The molecule has 2 aromatic carbocycles. The summed E-state index contributed by atoms with van der Waals surface area (Å²) in [4.78, 5) is 10.3. The SMILES string of the molecule is CC1(C)OCC(N)(c2ccnc(Br)c2)CO1.[N-]=[N+]=NP(=O)(c1ccccc1)c1ccccc1. The smallest absolute Gasteiger partial charge is 0.228 e. The highest BCUT2D eigenvalue weighted by atomic mass is 79.9. The molecule has 1 aliphatic heterocycles. The van der Waals surface area contributed by atoms with Gasteiger partial charge in [-0.05, 0) is 57.9 Å². The summed E-state index contributed by atoms with van der Waals surface area (Å²) in [7, 11) is -3.22. The van der Waals surface area contributed by atoms with Crippen molar-refractivity contribution in [2.45, 2.75) is 25.2 Å². The molecule has 10 heteroatoms. The molecule has 0 radical (unpaired) electrons. The molecular weight excluding hydrogens is 505 g/mol. The van der Waals surface area contributed by atoms with Gasteiger partial charge in [0.05, 0.1) is 18.8 Å². The average molecular weight is 530 g/mol. The van der Waals surface area contributed by atoms with Crippen LogP contribution < -0.4 is 16.3 Å². The molecule has 1 saturated heterocycles. The molecule has 2 heterocycles.